The molecule has 2 aromatic carbocycles. The molecule has 0 unspecified atom stereocenters. The molecule has 34 heavy (non-hydrogen) atoms. The first-order valence-electron chi connectivity index (χ1n) is 10.8. The number of esters is 1. The van der Waals surface area contributed by atoms with Crippen LogP contribution in [-0.4, -0.2) is 42.1 Å². The average Bonchev–Trinajstić information content (AvgIpc) is 2.82. The fourth-order valence-corrected chi connectivity index (χ4v) is 3.61. The number of nitrogens with zero attached hydrogens (tertiary/aromatic N) is 2. The fraction of sp³-hybridized carbons (Fsp3) is 0.333. The Balaban J connectivity index is 2.12. The van der Waals surface area contributed by atoms with Crippen LogP contribution in [0.2, 0.25) is 0 Å². The van der Waals surface area contributed by atoms with Crippen molar-refractivity contribution in [1.82, 2.24) is 10.2 Å². The van der Waals surface area contributed by atoms with E-state index in [9.17, 15) is 19.7 Å². The van der Waals surface area contributed by atoms with Gasteiger partial charge in [0.2, 0.25) is 0 Å². The summed E-state index contributed by atoms with van der Waals surface area (Å²) < 4.78 is 16.7. The zero-order valence-electron chi connectivity index (χ0n) is 19.5. The molecule has 0 bridgehead atoms. The largest absolute Gasteiger partial charge is 0.490 e. The molecule has 0 spiro atoms. The van der Waals surface area contributed by atoms with Gasteiger partial charge in [-0.15, -0.1) is 0 Å². The molecule has 2 amide bonds. The smallest absolute Gasteiger partial charge is 0.338 e. The third-order valence-electron chi connectivity index (χ3n) is 5.39. The molecule has 1 aliphatic heterocycles. The van der Waals surface area contributed by atoms with Gasteiger partial charge in [-0.05, 0) is 32.4 Å². The monoisotopic (exact) mass is 469 g/mol. The number of hydrogen-bond donors (Lipinski definition) is 1. The number of benzene rings is 2. The zero-order valence-corrected chi connectivity index (χ0v) is 19.5. The maximum Gasteiger partial charge on any atom is 0.338 e. The number of allylic oxidation sites excluding steroid dienone is 1. The van der Waals surface area contributed by atoms with Crippen LogP contribution in [0.25, 0.3) is 0 Å². The van der Waals surface area contributed by atoms with Crippen LogP contribution in [0, 0.1) is 10.1 Å². The van der Waals surface area contributed by atoms with Crippen LogP contribution in [0.4, 0.5) is 10.5 Å². The van der Waals surface area contributed by atoms with Crippen molar-refractivity contribution in [2.45, 2.75) is 33.4 Å². The summed E-state index contributed by atoms with van der Waals surface area (Å²) in [5, 5.41) is 14.7. The van der Waals surface area contributed by atoms with Gasteiger partial charge in [0, 0.05) is 12.7 Å². The molecule has 10 nitrogen and oxygen atoms in total. The minimum Gasteiger partial charge on any atom is -0.490 e. The van der Waals surface area contributed by atoms with E-state index in [0.29, 0.717) is 5.70 Å². The van der Waals surface area contributed by atoms with Gasteiger partial charge in [-0.2, -0.15) is 0 Å². The van der Waals surface area contributed by atoms with E-state index in [0.717, 1.165) is 5.56 Å². The molecule has 1 heterocycles. The van der Waals surface area contributed by atoms with E-state index in [1.807, 2.05) is 30.3 Å². The SMILES string of the molecule is CCOC(=O)C1=C(C)N(C)C(=O)N[C@H]1c1cc(OCC)c(OCc2ccccc2)cc1[N+](=O)[O-]. The van der Waals surface area contributed by atoms with E-state index in [-0.39, 0.29) is 48.1 Å². The highest BCUT2D eigenvalue weighted by Gasteiger charge is 2.39. The lowest BCUT2D eigenvalue weighted by Gasteiger charge is -2.33. The van der Waals surface area contributed by atoms with Crippen molar-refractivity contribution in [3.05, 3.63) is 75.0 Å². The number of amides is 2. The van der Waals surface area contributed by atoms with Crippen molar-refractivity contribution in [2.75, 3.05) is 20.3 Å². The summed E-state index contributed by atoms with van der Waals surface area (Å²) in [6.07, 6.45) is 0. The van der Waals surface area contributed by atoms with Crippen LogP contribution >= 0.6 is 0 Å². The molecule has 1 N–H and O–H groups in total. The van der Waals surface area contributed by atoms with Crippen LogP contribution in [0.15, 0.2) is 53.7 Å². The van der Waals surface area contributed by atoms with E-state index in [2.05, 4.69) is 5.32 Å². The van der Waals surface area contributed by atoms with Gasteiger partial charge in [0.1, 0.15) is 6.61 Å². The molecule has 0 saturated carbocycles. The zero-order chi connectivity index (χ0) is 24.8. The van der Waals surface area contributed by atoms with Crippen LogP contribution in [-0.2, 0) is 16.1 Å². The van der Waals surface area contributed by atoms with Crippen molar-refractivity contribution >= 4 is 17.7 Å². The summed E-state index contributed by atoms with van der Waals surface area (Å²) in [7, 11) is 1.50. The van der Waals surface area contributed by atoms with Gasteiger partial charge in [0.25, 0.3) is 5.69 Å². The summed E-state index contributed by atoms with van der Waals surface area (Å²) in [6.45, 7) is 5.58. The van der Waals surface area contributed by atoms with Crippen molar-refractivity contribution in [3.63, 3.8) is 0 Å². The lowest BCUT2D eigenvalue weighted by atomic mass is 9.93. The Morgan fingerprint density at radius 3 is 2.41 bits per heavy atom. The number of ether oxygens (including phenoxy) is 3. The maximum absolute atomic E-state index is 12.8. The molecule has 180 valence electrons. The maximum atomic E-state index is 12.8. The number of carbonyl (C=O) groups excluding carboxylic acids is 2. The predicted molar refractivity (Wildman–Crippen MR) is 123 cm³/mol. The number of rotatable bonds is 9. The molecular formula is C24H27N3O7. The number of nitro groups is 1. The summed E-state index contributed by atoms with van der Waals surface area (Å²) >= 11 is 0. The molecule has 0 aromatic heterocycles. The topological polar surface area (TPSA) is 120 Å². The summed E-state index contributed by atoms with van der Waals surface area (Å²) in [5.74, 6) is -0.236. The standard InChI is InChI=1S/C24H27N3O7/c1-5-32-19-12-17(22-21(23(28)33-6-2)15(3)26(4)24(29)25-22)18(27(30)31)13-20(19)34-14-16-10-8-7-9-11-16/h7-13,22H,5-6,14H2,1-4H3,(H,25,29)/t22-/m0/s1. The number of hydrogen-bond acceptors (Lipinski definition) is 7. The van der Waals surface area contributed by atoms with Gasteiger partial charge in [0.05, 0.1) is 41.4 Å². The second kappa shape index (κ2) is 10.7. The van der Waals surface area contributed by atoms with Crippen LogP contribution in [0.1, 0.15) is 37.9 Å². The highest BCUT2D eigenvalue weighted by atomic mass is 16.6. The third kappa shape index (κ3) is 5.11. The first kappa shape index (κ1) is 24.6. The Bertz CT molecular complexity index is 1120. The minimum absolute atomic E-state index is 0.0874. The average molecular weight is 469 g/mol. The van der Waals surface area contributed by atoms with Crippen LogP contribution in [0.3, 0.4) is 0 Å². The second-order valence-corrected chi connectivity index (χ2v) is 7.48. The minimum atomic E-state index is -1.11. The number of nitro benzene ring substituents is 1. The predicted octanol–water partition coefficient (Wildman–Crippen LogP) is 4.11. The Labute approximate surface area is 197 Å². The van der Waals surface area contributed by atoms with E-state index in [1.54, 1.807) is 20.8 Å². The van der Waals surface area contributed by atoms with E-state index < -0.39 is 23.0 Å². The molecule has 2 aromatic rings. The van der Waals surface area contributed by atoms with Gasteiger partial charge in [-0.3, -0.25) is 10.1 Å². The summed E-state index contributed by atoms with van der Waals surface area (Å²) in [4.78, 5) is 38.0. The van der Waals surface area contributed by atoms with Crippen LogP contribution < -0.4 is 14.8 Å². The quantitative estimate of drug-likeness (QED) is 0.333. The lowest BCUT2D eigenvalue weighted by Crippen LogP contribution is -2.46. The molecular weight excluding hydrogens is 442 g/mol. The van der Waals surface area contributed by atoms with E-state index in [1.165, 1.54) is 24.1 Å². The van der Waals surface area contributed by atoms with Crippen molar-refractivity contribution in [1.29, 1.82) is 0 Å². The van der Waals surface area contributed by atoms with Gasteiger partial charge in [-0.25, -0.2) is 9.59 Å². The number of carbonyl (C=O) groups is 2. The Morgan fingerprint density at radius 1 is 1.12 bits per heavy atom. The highest BCUT2D eigenvalue weighted by Crippen LogP contribution is 2.42. The molecule has 1 atom stereocenters. The van der Waals surface area contributed by atoms with Gasteiger partial charge in [0.15, 0.2) is 11.5 Å². The normalized spacial score (nSPS) is 15.6. The Morgan fingerprint density at radius 2 is 1.79 bits per heavy atom. The molecule has 0 saturated heterocycles. The second-order valence-electron chi connectivity index (χ2n) is 7.48. The van der Waals surface area contributed by atoms with Gasteiger partial charge < -0.3 is 24.4 Å². The number of nitrogens with one attached hydrogen (secondary N) is 1. The highest BCUT2D eigenvalue weighted by molar-refractivity contribution is 5.95. The fourth-order valence-electron chi connectivity index (χ4n) is 3.61. The Hall–Kier alpha value is -4.08. The molecule has 3 rings (SSSR count). The van der Waals surface area contributed by atoms with Crippen molar-refractivity contribution < 1.29 is 28.7 Å². The molecule has 1 aliphatic rings. The van der Waals surface area contributed by atoms with Crippen molar-refractivity contribution in [3.8, 4) is 11.5 Å². The Kier molecular flexibility index (Phi) is 7.72. The van der Waals surface area contributed by atoms with Gasteiger partial charge >= 0.3 is 12.0 Å². The lowest BCUT2D eigenvalue weighted by molar-refractivity contribution is -0.385. The van der Waals surface area contributed by atoms with E-state index >= 15 is 0 Å². The van der Waals surface area contributed by atoms with Crippen LogP contribution in [0.5, 0.6) is 11.5 Å². The molecule has 0 fully saturated rings. The molecule has 0 radical (unpaired) electrons. The summed E-state index contributed by atoms with van der Waals surface area (Å²) in [6, 6.07) is 10.4. The molecule has 10 heteroatoms. The van der Waals surface area contributed by atoms with E-state index in [4.69, 9.17) is 14.2 Å². The van der Waals surface area contributed by atoms with Gasteiger partial charge in [-0.1, -0.05) is 30.3 Å². The molecule has 0 aliphatic carbocycles. The number of urea groups is 1. The summed E-state index contributed by atoms with van der Waals surface area (Å²) in [5.41, 5.74) is 1.08. The third-order valence-corrected chi connectivity index (χ3v) is 5.39. The first-order valence-corrected chi connectivity index (χ1v) is 10.8. The first-order chi connectivity index (χ1) is 16.3. The van der Waals surface area contributed by atoms with Crippen molar-refractivity contribution in [2.24, 2.45) is 0 Å².